The van der Waals surface area contributed by atoms with Gasteiger partial charge in [0.1, 0.15) is 0 Å². The molecule has 0 heterocycles. The van der Waals surface area contributed by atoms with Crippen molar-refractivity contribution in [1.29, 1.82) is 0 Å². The summed E-state index contributed by atoms with van der Waals surface area (Å²) in [6, 6.07) is -0.851. The molecule has 0 rings (SSSR count). The number of aliphatic carboxylic acids is 1. The molecule has 5 nitrogen and oxygen atoms in total. The van der Waals surface area contributed by atoms with Gasteiger partial charge in [0.05, 0.1) is 12.5 Å². The molecule has 0 fully saturated rings. The molecule has 0 aliphatic heterocycles. The number of amides is 1. The zero-order valence-electron chi connectivity index (χ0n) is 9.32. The number of carboxylic acids is 1. The van der Waals surface area contributed by atoms with Gasteiger partial charge in [-0.2, -0.15) is 0 Å². The topological polar surface area (TPSA) is 92.4 Å². The Morgan fingerprint density at radius 3 is 2.40 bits per heavy atom. The summed E-state index contributed by atoms with van der Waals surface area (Å²) in [6.07, 6.45) is 2.00. The van der Waals surface area contributed by atoms with E-state index in [-0.39, 0.29) is 18.4 Å². The molecule has 0 aliphatic rings. The zero-order valence-corrected chi connectivity index (χ0v) is 9.32. The van der Waals surface area contributed by atoms with Crippen molar-refractivity contribution in [3.8, 4) is 0 Å². The van der Waals surface area contributed by atoms with Crippen molar-refractivity contribution in [2.24, 2.45) is 5.73 Å². The number of carboxylic acid groups (broad SMARTS) is 1. The van der Waals surface area contributed by atoms with E-state index < -0.39 is 12.0 Å². The van der Waals surface area contributed by atoms with Crippen molar-refractivity contribution >= 4 is 11.9 Å². The fraction of sp³-hybridized carbons (Fsp3) is 0.800. The van der Waals surface area contributed by atoms with Crippen molar-refractivity contribution in [2.45, 2.75) is 51.6 Å². The Kier molecular flexibility index (Phi) is 6.70. The Morgan fingerprint density at radius 2 is 2.00 bits per heavy atom. The first-order valence-electron chi connectivity index (χ1n) is 5.29. The van der Waals surface area contributed by atoms with Gasteiger partial charge in [0, 0.05) is 6.04 Å². The van der Waals surface area contributed by atoms with Crippen LogP contribution in [-0.4, -0.2) is 29.1 Å². The second-order valence-electron chi connectivity index (χ2n) is 3.61. The molecule has 2 atom stereocenters. The van der Waals surface area contributed by atoms with Crippen LogP contribution in [0.3, 0.4) is 0 Å². The smallest absolute Gasteiger partial charge is 0.305 e. The summed E-state index contributed by atoms with van der Waals surface area (Å²) >= 11 is 0. The van der Waals surface area contributed by atoms with Gasteiger partial charge in [0.25, 0.3) is 0 Å². The fourth-order valence-electron chi connectivity index (χ4n) is 1.28. The number of nitrogens with two attached hydrogens (primary N) is 1. The van der Waals surface area contributed by atoms with E-state index in [1.165, 1.54) is 0 Å². The Bertz CT molecular complexity index is 219. The number of hydrogen-bond donors (Lipinski definition) is 3. The molecule has 1 amide bonds. The molecular formula is C10H20N2O3. The van der Waals surface area contributed by atoms with Crippen LogP contribution in [0.2, 0.25) is 0 Å². The van der Waals surface area contributed by atoms with Crippen LogP contribution >= 0.6 is 0 Å². The lowest BCUT2D eigenvalue weighted by Crippen LogP contribution is -2.45. The molecule has 5 heteroatoms. The maximum atomic E-state index is 11.4. The molecule has 0 radical (unpaired) electrons. The van der Waals surface area contributed by atoms with Crippen LogP contribution in [0.25, 0.3) is 0 Å². The Labute approximate surface area is 90.0 Å². The molecule has 4 N–H and O–H groups in total. The third-order valence-electron chi connectivity index (χ3n) is 2.18. The van der Waals surface area contributed by atoms with Crippen LogP contribution in [-0.2, 0) is 9.59 Å². The zero-order chi connectivity index (χ0) is 11.8. The summed E-state index contributed by atoms with van der Waals surface area (Å²) in [6.45, 7) is 3.76. The summed E-state index contributed by atoms with van der Waals surface area (Å²) in [5.41, 5.74) is 5.53. The van der Waals surface area contributed by atoms with Crippen molar-refractivity contribution in [1.82, 2.24) is 5.32 Å². The Morgan fingerprint density at radius 1 is 1.40 bits per heavy atom. The molecule has 0 aliphatic carbocycles. The van der Waals surface area contributed by atoms with Crippen LogP contribution in [0.1, 0.15) is 39.5 Å². The van der Waals surface area contributed by atoms with Gasteiger partial charge in [-0.15, -0.1) is 0 Å². The predicted octanol–water partition coefficient (Wildman–Crippen LogP) is 0.483. The average Bonchev–Trinajstić information content (AvgIpc) is 2.15. The minimum absolute atomic E-state index is 0.0456. The maximum absolute atomic E-state index is 11.4. The lowest BCUT2D eigenvalue weighted by molar-refractivity contribution is -0.137. The van der Waals surface area contributed by atoms with E-state index in [0.29, 0.717) is 12.8 Å². The van der Waals surface area contributed by atoms with E-state index in [0.717, 1.165) is 6.42 Å². The number of rotatable bonds is 7. The normalized spacial score (nSPS) is 14.3. The van der Waals surface area contributed by atoms with Gasteiger partial charge in [0.15, 0.2) is 0 Å². The van der Waals surface area contributed by atoms with E-state index in [2.05, 4.69) is 5.32 Å². The quantitative estimate of drug-likeness (QED) is 0.577. The van der Waals surface area contributed by atoms with Crippen LogP contribution < -0.4 is 11.1 Å². The molecule has 0 saturated heterocycles. The second-order valence-corrected chi connectivity index (χ2v) is 3.61. The highest BCUT2D eigenvalue weighted by Crippen LogP contribution is 2.02. The molecule has 0 saturated carbocycles. The minimum atomic E-state index is -0.904. The standard InChI is InChI=1S/C10H20N2O3/c1-3-5-7(6-9(13)14)12-10(15)8(11)4-2/h7-8H,3-6,11H2,1-2H3,(H,12,15)(H,13,14)/t7?,8-/m1/s1. The summed E-state index contributed by atoms with van der Waals surface area (Å²) in [4.78, 5) is 21.9. The molecule has 0 aromatic carbocycles. The lowest BCUT2D eigenvalue weighted by atomic mass is 10.1. The Balaban J connectivity index is 4.14. The summed E-state index contributed by atoms with van der Waals surface area (Å²) in [5.74, 6) is -1.17. The largest absolute Gasteiger partial charge is 0.481 e. The average molecular weight is 216 g/mol. The maximum Gasteiger partial charge on any atom is 0.305 e. The molecule has 0 spiro atoms. The van der Waals surface area contributed by atoms with E-state index in [9.17, 15) is 9.59 Å². The van der Waals surface area contributed by atoms with Gasteiger partial charge in [0.2, 0.25) is 5.91 Å². The number of hydrogen-bond acceptors (Lipinski definition) is 3. The molecular weight excluding hydrogens is 196 g/mol. The molecule has 0 bridgehead atoms. The van der Waals surface area contributed by atoms with Crippen LogP contribution in [0.5, 0.6) is 0 Å². The minimum Gasteiger partial charge on any atom is -0.481 e. The first-order valence-corrected chi connectivity index (χ1v) is 5.29. The highest BCUT2D eigenvalue weighted by molar-refractivity contribution is 5.82. The van der Waals surface area contributed by atoms with Crippen molar-refractivity contribution in [2.75, 3.05) is 0 Å². The first kappa shape index (κ1) is 13.9. The highest BCUT2D eigenvalue weighted by Gasteiger charge is 2.18. The summed E-state index contributed by atoms with van der Waals surface area (Å²) in [7, 11) is 0. The predicted molar refractivity (Wildman–Crippen MR) is 57.4 cm³/mol. The number of carbonyl (C=O) groups excluding carboxylic acids is 1. The van der Waals surface area contributed by atoms with Gasteiger partial charge < -0.3 is 16.2 Å². The SMILES string of the molecule is CCCC(CC(=O)O)NC(=O)[C@H](N)CC. The summed E-state index contributed by atoms with van der Waals surface area (Å²) in [5, 5.41) is 11.3. The van der Waals surface area contributed by atoms with Gasteiger partial charge in [-0.25, -0.2) is 0 Å². The number of carbonyl (C=O) groups is 2. The van der Waals surface area contributed by atoms with E-state index in [1.54, 1.807) is 0 Å². The van der Waals surface area contributed by atoms with Crippen LogP contribution in [0, 0.1) is 0 Å². The number of nitrogens with one attached hydrogen (secondary N) is 1. The highest BCUT2D eigenvalue weighted by atomic mass is 16.4. The Hall–Kier alpha value is -1.10. The van der Waals surface area contributed by atoms with E-state index in [1.807, 2.05) is 13.8 Å². The molecule has 0 aromatic rings. The van der Waals surface area contributed by atoms with E-state index in [4.69, 9.17) is 10.8 Å². The summed E-state index contributed by atoms with van der Waals surface area (Å²) < 4.78 is 0. The van der Waals surface area contributed by atoms with Gasteiger partial charge in [-0.3, -0.25) is 9.59 Å². The van der Waals surface area contributed by atoms with Crippen molar-refractivity contribution < 1.29 is 14.7 Å². The molecule has 15 heavy (non-hydrogen) atoms. The van der Waals surface area contributed by atoms with Crippen molar-refractivity contribution in [3.05, 3.63) is 0 Å². The monoisotopic (exact) mass is 216 g/mol. The molecule has 1 unspecified atom stereocenters. The third kappa shape index (κ3) is 6.06. The first-order chi connectivity index (χ1) is 7.01. The van der Waals surface area contributed by atoms with Crippen molar-refractivity contribution in [3.63, 3.8) is 0 Å². The van der Waals surface area contributed by atoms with Gasteiger partial charge >= 0.3 is 5.97 Å². The third-order valence-corrected chi connectivity index (χ3v) is 2.18. The van der Waals surface area contributed by atoms with E-state index >= 15 is 0 Å². The fourth-order valence-corrected chi connectivity index (χ4v) is 1.28. The van der Waals surface area contributed by atoms with Crippen LogP contribution in [0.15, 0.2) is 0 Å². The molecule has 88 valence electrons. The van der Waals surface area contributed by atoms with Gasteiger partial charge in [-0.1, -0.05) is 20.3 Å². The van der Waals surface area contributed by atoms with Crippen LogP contribution in [0.4, 0.5) is 0 Å². The van der Waals surface area contributed by atoms with Gasteiger partial charge in [-0.05, 0) is 12.8 Å². The molecule has 0 aromatic heterocycles. The lowest BCUT2D eigenvalue weighted by Gasteiger charge is -2.18. The second kappa shape index (κ2) is 7.23.